The van der Waals surface area contributed by atoms with Crippen molar-refractivity contribution in [3.8, 4) is 0 Å². The fraction of sp³-hybridized carbons (Fsp3) is 0.0870. The van der Waals surface area contributed by atoms with Gasteiger partial charge in [-0.15, -0.1) is 0 Å². The molecule has 3 aromatic carbocycles. The SMILES string of the molecule is COC(=O)c1cc(C(=O)OCC(=O)Nc2ccc(N=Nc3ccccc3)cc2)cc([N+](=O)[O-])c1. The Morgan fingerprint density at radius 2 is 1.47 bits per heavy atom. The molecule has 1 amide bonds. The van der Waals surface area contributed by atoms with E-state index in [1.54, 1.807) is 24.3 Å². The molecule has 0 spiro atoms. The summed E-state index contributed by atoms with van der Waals surface area (Å²) in [5, 5.41) is 21.8. The molecule has 0 saturated carbocycles. The molecule has 11 heteroatoms. The van der Waals surface area contributed by atoms with E-state index in [0.29, 0.717) is 17.1 Å². The Morgan fingerprint density at radius 1 is 0.882 bits per heavy atom. The average molecular weight is 462 g/mol. The smallest absolute Gasteiger partial charge is 0.338 e. The molecule has 0 fully saturated rings. The zero-order valence-electron chi connectivity index (χ0n) is 17.8. The van der Waals surface area contributed by atoms with Gasteiger partial charge in [0, 0.05) is 17.8 Å². The van der Waals surface area contributed by atoms with E-state index >= 15 is 0 Å². The number of non-ortho nitro benzene ring substituents is 1. The maximum atomic E-state index is 12.3. The number of ether oxygens (including phenoxy) is 2. The van der Waals surface area contributed by atoms with E-state index in [1.807, 2.05) is 30.3 Å². The second kappa shape index (κ2) is 11.1. The van der Waals surface area contributed by atoms with E-state index in [9.17, 15) is 24.5 Å². The lowest BCUT2D eigenvalue weighted by molar-refractivity contribution is -0.384. The van der Waals surface area contributed by atoms with Gasteiger partial charge in [0.25, 0.3) is 11.6 Å². The van der Waals surface area contributed by atoms with Gasteiger partial charge >= 0.3 is 11.9 Å². The fourth-order valence-corrected chi connectivity index (χ4v) is 2.70. The molecule has 172 valence electrons. The number of azo groups is 1. The Bertz CT molecular complexity index is 1240. The number of carbonyl (C=O) groups is 3. The first-order valence-electron chi connectivity index (χ1n) is 9.77. The van der Waals surface area contributed by atoms with Gasteiger partial charge in [0.1, 0.15) is 0 Å². The van der Waals surface area contributed by atoms with Crippen LogP contribution in [-0.2, 0) is 14.3 Å². The summed E-state index contributed by atoms with van der Waals surface area (Å²) in [5.74, 6) is -2.51. The number of nitro groups is 1. The van der Waals surface area contributed by atoms with Crippen LogP contribution in [0.25, 0.3) is 0 Å². The largest absolute Gasteiger partial charge is 0.465 e. The number of nitrogens with one attached hydrogen (secondary N) is 1. The van der Waals surface area contributed by atoms with Gasteiger partial charge in [-0.1, -0.05) is 18.2 Å². The molecule has 0 aromatic heterocycles. The lowest BCUT2D eigenvalue weighted by atomic mass is 10.1. The lowest BCUT2D eigenvalue weighted by Gasteiger charge is -2.08. The maximum absolute atomic E-state index is 12.3. The first kappa shape index (κ1) is 23.7. The molecule has 0 aliphatic carbocycles. The molecular weight excluding hydrogens is 444 g/mol. The van der Waals surface area contributed by atoms with Crippen LogP contribution < -0.4 is 5.32 Å². The van der Waals surface area contributed by atoms with Crippen LogP contribution in [-0.4, -0.2) is 36.5 Å². The number of nitrogens with zero attached hydrogens (tertiary/aromatic N) is 3. The van der Waals surface area contributed by atoms with Gasteiger partial charge in [0.2, 0.25) is 0 Å². The van der Waals surface area contributed by atoms with E-state index in [2.05, 4.69) is 20.3 Å². The second-order valence-corrected chi connectivity index (χ2v) is 6.72. The van der Waals surface area contributed by atoms with Crippen molar-refractivity contribution in [2.75, 3.05) is 19.0 Å². The van der Waals surface area contributed by atoms with Gasteiger partial charge in [-0.3, -0.25) is 14.9 Å². The number of benzene rings is 3. The van der Waals surface area contributed by atoms with Crippen LogP contribution in [0.5, 0.6) is 0 Å². The van der Waals surface area contributed by atoms with Crippen molar-refractivity contribution >= 4 is 40.6 Å². The summed E-state index contributed by atoms with van der Waals surface area (Å²) < 4.78 is 9.44. The van der Waals surface area contributed by atoms with Crippen LogP contribution in [0, 0.1) is 10.1 Å². The minimum Gasteiger partial charge on any atom is -0.465 e. The fourth-order valence-electron chi connectivity index (χ4n) is 2.70. The number of nitro benzene ring substituents is 1. The summed E-state index contributed by atoms with van der Waals surface area (Å²) in [5.41, 5.74) is 0.740. The van der Waals surface area contributed by atoms with Gasteiger partial charge < -0.3 is 14.8 Å². The third kappa shape index (κ3) is 6.53. The summed E-state index contributed by atoms with van der Waals surface area (Å²) in [6.07, 6.45) is 0. The van der Waals surface area contributed by atoms with Crippen molar-refractivity contribution in [1.29, 1.82) is 0 Å². The molecule has 1 N–H and O–H groups in total. The quantitative estimate of drug-likeness (QED) is 0.222. The Morgan fingerprint density at radius 3 is 2.06 bits per heavy atom. The summed E-state index contributed by atoms with van der Waals surface area (Å²) >= 11 is 0. The van der Waals surface area contributed by atoms with Gasteiger partial charge in [0.05, 0.1) is 34.5 Å². The molecule has 3 rings (SSSR count). The van der Waals surface area contributed by atoms with E-state index in [0.717, 1.165) is 25.3 Å². The van der Waals surface area contributed by atoms with Crippen molar-refractivity contribution < 1.29 is 28.8 Å². The van der Waals surface area contributed by atoms with Crippen molar-refractivity contribution in [3.05, 3.63) is 94.0 Å². The van der Waals surface area contributed by atoms with Crippen LogP contribution in [0.1, 0.15) is 20.7 Å². The molecule has 0 radical (unpaired) electrons. The molecule has 11 nitrogen and oxygen atoms in total. The number of esters is 2. The second-order valence-electron chi connectivity index (χ2n) is 6.72. The number of carbonyl (C=O) groups excluding carboxylic acids is 3. The highest BCUT2D eigenvalue weighted by Crippen LogP contribution is 2.21. The highest BCUT2D eigenvalue weighted by Gasteiger charge is 2.20. The van der Waals surface area contributed by atoms with Crippen molar-refractivity contribution in [2.45, 2.75) is 0 Å². The third-order valence-electron chi connectivity index (χ3n) is 4.31. The highest BCUT2D eigenvalue weighted by atomic mass is 16.6. The minimum atomic E-state index is -1.01. The molecule has 0 heterocycles. The minimum absolute atomic E-state index is 0.197. The molecule has 3 aromatic rings. The summed E-state index contributed by atoms with van der Waals surface area (Å²) in [4.78, 5) is 46.4. The average Bonchev–Trinajstić information content (AvgIpc) is 2.86. The number of amides is 1. The monoisotopic (exact) mass is 462 g/mol. The van der Waals surface area contributed by atoms with Gasteiger partial charge in [0.15, 0.2) is 6.61 Å². The van der Waals surface area contributed by atoms with E-state index < -0.39 is 35.1 Å². The Hall–Kier alpha value is -4.93. The van der Waals surface area contributed by atoms with Crippen LogP contribution in [0.15, 0.2) is 83.0 Å². The number of hydrogen-bond acceptors (Lipinski definition) is 9. The molecule has 34 heavy (non-hydrogen) atoms. The van der Waals surface area contributed by atoms with Crippen LogP contribution >= 0.6 is 0 Å². The van der Waals surface area contributed by atoms with Crippen LogP contribution in [0.3, 0.4) is 0 Å². The number of methoxy groups -OCH3 is 1. The highest BCUT2D eigenvalue weighted by molar-refractivity contribution is 5.98. The topological polar surface area (TPSA) is 150 Å². The van der Waals surface area contributed by atoms with E-state index in [1.165, 1.54) is 0 Å². The molecular formula is C23H18N4O7. The Labute approximate surface area is 193 Å². The molecule has 0 atom stereocenters. The number of hydrogen-bond donors (Lipinski definition) is 1. The first-order chi connectivity index (χ1) is 16.4. The number of rotatable bonds is 8. The molecule has 0 aliphatic rings. The molecule has 0 bridgehead atoms. The summed E-state index contributed by atoms with van der Waals surface area (Å²) in [7, 11) is 1.10. The predicted molar refractivity (Wildman–Crippen MR) is 120 cm³/mol. The summed E-state index contributed by atoms with van der Waals surface area (Å²) in [6.45, 7) is -0.648. The van der Waals surface area contributed by atoms with Crippen molar-refractivity contribution in [3.63, 3.8) is 0 Å². The Balaban J connectivity index is 1.58. The first-order valence-corrected chi connectivity index (χ1v) is 9.77. The van der Waals surface area contributed by atoms with Crippen molar-refractivity contribution in [1.82, 2.24) is 0 Å². The van der Waals surface area contributed by atoms with Crippen LogP contribution in [0.4, 0.5) is 22.7 Å². The molecule has 0 unspecified atom stereocenters. The van der Waals surface area contributed by atoms with E-state index in [4.69, 9.17) is 4.74 Å². The maximum Gasteiger partial charge on any atom is 0.338 e. The normalized spacial score (nSPS) is 10.5. The zero-order chi connectivity index (χ0) is 24.5. The van der Waals surface area contributed by atoms with Gasteiger partial charge in [-0.2, -0.15) is 10.2 Å². The van der Waals surface area contributed by atoms with E-state index in [-0.39, 0.29) is 11.1 Å². The summed E-state index contributed by atoms with van der Waals surface area (Å²) in [6, 6.07) is 18.7. The van der Waals surface area contributed by atoms with Crippen molar-refractivity contribution in [2.24, 2.45) is 10.2 Å². The third-order valence-corrected chi connectivity index (χ3v) is 4.31. The Kier molecular flexibility index (Phi) is 7.74. The zero-order valence-corrected chi connectivity index (χ0v) is 17.8. The van der Waals surface area contributed by atoms with Crippen LogP contribution in [0.2, 0.25) is 0 Å². The lowest BCUT2D eigenvalue weighted by Crippen LogP contribution is -2.21. The standard InChI is InChI=1S/C23H18N4O7/c1-33-22(29)15-11-16(13-20(12-15)27(31)32)23(30)34-14-21(28)24-17-7-9-19(10-8-17)26-25-18-5-3-2-4-6-18/h2-13H,14H2,1H3,(H,24,28). The molecule has 0 saturated heterocycles. The molecule has 0 aliphatic heterocycles. The number of anilines is 1. The predicted octanol–water partition coefficient (Wildman–Crippen LogP) is 4.59. The van der Waals surface area contributed by atoms with Gasteiger partial charge in [-0.05, 0) is 42.5 Å². The van der Waals surface area contributed by atoms with Gasteiger partial charge in [-0.25, -0.2) is 9.59 Å².